The molecule has 0 aliphatic carbocycles. The first-order chi connectivity index (χ1) is 9.91. The zero-order valence-electron chi connectivity index (χ0n) is 12.2. The van der Waals surface area contributed by atoms with Crippen molar-refractivity contribution in [3.8, 4) is 5.75 Å². The number of nitrogens with one attached hydrogen (secondary N) is 1. The van der Waals surface area contributed by atoms with E-state index in [2.05, 4.69) is 5.32 Å². The summed E-state index contributed by atoms with van der Waals surface area (Å²) in [6.07, 6.45) is 2.55. The number of piperidine rings is 1. The zero-order chi connectivity index (χ0) is 15.5. The number of hydrogen-bond donors (Lipinski definition) is 1. The third-order valence-electron chi connectivity index (χ3n) is 3.59. The maximum Gasteiger partial charge on any atom is 0.228 e. The number of carbonyl (C=O) groups is 1. The molecule has 1 saturated heterocycles. The molecule has 0 unspecified atom stereocenters. The molecule has 1 atom stereocenters. The van der Waals surface area contributed by atoms with Crippen LogP contribution in [-0.2, 0) is 14.8 Å². The minimum absolute atomic E-state index is 0.173. The fourth-order valence-electron chi connectivity index (χ4n) is 2.44. The first-order valence-corrected chi connectivity index (χ1v) is 8.65. The number of carbonyl (C=O) groups excluding carboxylic acids is 1. The van der Waals surface area contributed by atoms with Gasteiger partial charge in [0.1, 0.15) is 5.75 Å². The first kappa shape index (κ1) is 15.8. The Bertz CT molecular complexity index is 615. The van der Waals surface area contributed by atoms with Crippen molar-refractivity contribution >= 4 is 21.6 Å². The van der Waals surface area contributed by atoms with Crippen molar-refractivity contribution in [2.45, 2.75) is 12.8 Å². The van der Waals surface area contributed by atoms with Gasteiger partial charge in [0, 0.05) is 13.1 Å². The minimum atomic E-state index is -3.25. The Labute approximate surface area is 125 Å². The van der Waals surface area contributed by atoms with Gasteiger partial charge < -0.3 is 10.1 Å². The molecule has 1 aromatic rings. The number of anilines is 1. The molecule has 1 fully saturated rings. The lowest BCUT2D eigenvalue weighted by atomic mass is 9.98. The van der Waals surface area contributed by atoms with E-state index in [4.69, 9.17) is 4.74 Å². The molecule has 0 saturated carbocycles. The molecule has 116 valence electrons. The highest BCUT2D eigenvalue weighted by molar-refractivity contribution is 7.88. The zero-order valence-corrected chi connectivity index (χ0v) is 13.0. The van der Waals surface area contributed by atoms with E-state index in [1.54, 1.807) is 12.1 Å². The van der Waals surface area contributed by atoms with Crippen LogP contribution in [0.2, 0.25) is 0 Å². The number of benzene rings is 1. The fourth-order valence-corrected chi connectivity index (χ4v) is 3.35. The topological polar surface area (TPSA) is 75.7 Å². The van der Waals surface area contributed by atoms with Crippen molar-refractivity contribution in [1.29, 1.82) is 0 Å². The van der Waals surface area contributed by atoms with Crippen LogP contribution in [0.3, 0.4) is 0 Å². The quantitative estimate of drug-likeness (QED) is 0.909. The summed E-state index contributed by atoms with van der Waals surface area (Å²) in [5, 5.41) is 2.82. The molecular weight excluding hydrogens is 292 g/mol. The second-order valence-corrected chi connectivity index (χ2v) is 7.13. The second kappa shape index (κ2) is 6.44. The molecule has 7 heteroatoms. The van der Waals surface area contributed by atoms with Crippen LogP contribution in [0.25, 0.3) is 0 Å². The van der Waals surface area contributed by atoms with Crippen LogP contribution in [0.4, 0.5) is 5.69 Å². The van der Waals surface area contributed by atoms with Gasteiger partial charge in [0.2, 0.25) is 15.9 Å². The lowest BCUT2D eigenvalue weighted by molar-refractivity contribution is -0.120. The molecule has 21 heavy (non-hydrogen) atoms. The van der Waals surface area contributed by atoms with Gasteiger partial charge in [0.25, 0.3) is 0 Å². The number of sulfonamides is 1. The highest BCUT2D eigenvalue weighted by atomic mass is 32.2. The van der Waals surface area contributed by atoms with Gasteiger partial charge in [-0.1, -0.05) is 12.1 Å². The average molecular weight is 312 g/mol. The number of hydrogen-bond acceptors (Lipinski definition) is 4. The highest BCUT2D eigenvalue weighted by Crippen LogP contribution is 2.25. The van der Waals surface area contributed by atoms with Gasteiger partial charge in [-0.3, -0.25) is 4.79 Å². The third kappa shape index (κ3) is 3.95. The number of methoxy groups -OCH3 is 1. The van der Waals surface area contributed by atoms with Crippen LogP contribution < -0.4 is 10.1 Å². The summed E-state index contributed by atoms with van der Waals surface area (Å²) in [6.45, 7) is 0.719. The maximum atomic E-state index is 12.3. The lowest BCUT2D eigenvalue weighted by Gasteiger charge is -2.30. The highest BCUT2D eigenvalue weighted by Gasteiger charge is 2.30. The summed E-state index contributed by atoms with van der Waals surface area (Å²) in [5.41, 5.74) is 0.599. The average Bonchev–Trinajstić information content (AvgIpc) is 2.47. The summed E-state index contributed by atoms with van der Waals surface area (Å²) in [4.78, 5) is 12.3. The van der Waals surface area contributed by atoms with Gasteiger partial charge in [-0.15, -0.1) is 0 Å². The third-order valence-corrected chi connectivity index (χ3v) is 4.86. The minimum Gasteiger partial charge on any atom is -0.495 e. The Morgan fingerprint density at radius 1 is 1.38 bits per heavy atom. The summed E-state index contributed by atoms with van der Waals surface area (Å²) in [6, 6.07) is 7.15. The maximum absolute atomic E-state index is 12.3. The van der Waals surface area contributed by atoms with Gasteiger partial charge in [0.05, 0.1) is 25.0 Å². The largest absolute Gasteiger partial charge is 0.495 e. The molecule has 6 nitrogen and oxygen atoms in total. The van der Waals surface area contributed by atoms with Gasteiger partial charge in [-0.2, -0.15) is 0 Å². The standard InChI is InChI=1S/C14H20N2O4S/c1-20-13-8-4-3-7-12(13)15-14(17)11-6-5-9-16(10-11)21(2,18)19/h3-4,7-8,11H,5-6,9-10H2,1-2H3,(H,15,17)/t11-/m0/s1. The molecule has 1 aliphatic rings. The van der Waals surface area contributed by atoms with Gasteiger partial charge in [-0.25, -0.2) is 12.7 Å². The van der Waals surface area contributed by atoms with Crippen molar-refractivity contribution in [1.82, 2.24) is 4.31 Å². The Morgan fingerprint density at radius 3 is 2.76 bits per heavy atom. The van der Waals surface area contributed by atoms with Crippen molar-refractivity contribution in [3.05, 3.63) is 24.3 Å². The fraction of sp³-hybridized carbons (Fsp3) is 0.500. The van der Waals surface area contributed by atoms with E-state index < -0.39 is 10.0 Å². The number of amides is 1. The number of para-hydroxylation sites is 2. The van der Waals surface area contributed by atoms with Crippen LogP contribution in [0.5, 0.6) is 5.75 Å². The van der Waals surface area contributed by atoms with Crippen LogP contribution in [0.15, 0.2) is 24.3 Å². The van der Waals surface area contributed by atoms with E-state index in [1.807, 2.05) is 12.1 Å². The number of rotatable bonds is 4. The van der Waals surface area contributed by atoms with Gasteiger partial charge in [-0.05, 0) is 25.0 Å². The van der Waals surface area contributed by atoms with Crippen LogP contribution in [0, 0.1) is 5.92 Å². The Kier molecular flexibility index (Phi) is 4.84. The Hall–Kier alpha value is -1.60. The smallest absolute Gasteiger partial charge is 0.228 e. The Balaban J connectivity index is 2.06. The molecular formula is C14H20N2O4S. The van der Waals surface area contributed by atoms with E-state index in [9.17, 15) is 13.2 Å². The van der Waals surface area contributed by atoms with E-state index in [0.717, 1.165) is 0 Å². The van der Waals surface area contributed by atoms with Crippen molar-refractivity contribution in [2.24, 2.45) is 5.92 Å². The summed E-state index contributed by atoms with van der Waals surface area (Å²) in [5.74, 6) is 0.0767. The molecule has 0 radical (unpaired) electrons. The normalized spacial score (nSPS) is 20.0. The molecule has 0 bridgehead atoms. The van der Waals surface area contributed by atoms with Crippen LogP contribution >= 0.6 is 0 Å². The van der Waals surface area contributed by atoms with Crippen molar-refractivity contribution in [2.75, 3.05) is 31.8 Å². The van der Waals surface area contributed by atoms with Crippen LogP contribution in [-0.4, -0.2) is 45.1 Å². The monoisotopic (exact) mass is 312 g/mol. The Morgan fingerprint density at radius 2 is 2.10 bits per heavy atom. The summed E-state index contributed by atoms with van der Waals surface area (Å²) >= 11 is 0. The molecule has 0 aromatic heterocycles. The van der Waals surface area contributed by atoms with Gasteiger partial charge in [0.15, 0.2) is 0 Å². The predicted octanol–water partition coefficient (Wildman–Crippen LogP) is 1.31. The van der Waals surface area contributed by atoms with Crippen molar-refractivity contribution < 1.29 is 17.9 Å². The molecule has 0 spiro atoms. The summed E-state index contributed by atoms with van der Waals surface area (Å²) < 4.78 is 29.7. The van der Waals surface area contributed by atoms with E-state index in [-0.39, 0.29) is 18.4 Å². The predicted molar refractivity (Wildman–Crippen MR) is 80.8 cm³/mol. The molecule has 1 heterocycles. The molecule has 1 aromatic carbocycles. The number of ether oxygens (including phenoxy) is 1. The van der Waals surface area contributed by atoms with E-state index in [0.29, 0.717) is 30.8 Å². The van der Waals surface area contributed by atoms with E-state index >= 15 is 0 Å². The van der Waals surface area contributed by atoms with Crippen LogP contribution in [0.1, 0.15) is 12.8 Å². The summed E-state index contributed by atoms with van der Waals surface area (Å²) in [7, 11) is -1.71. The molecule has 1 amide bonds. The molecule has 2 rings (SSSR count). The first-order valence-electron chi connectivity index (χ1n) is 6.81. The molecule has 1 N–H and O–H groups in total. The number of nitrogens with zero attached hydrogens (tertiary/aromatic N) is 1. The van der Waals surface area contributed by atoms with Crippen molar-refractivity contribution in [3.63, 3.8) is 0 Å². The SMILES string of the molecule is COc1ccccc1NC(=O)[C@H]1CCCN(S(C)(=O)=O)C1. The lowest BCUT2D eigenvalue weighted by Crippen LogP contribution is -2.43. The second-order valence-electron chi connectivity index (χ2n) is 5.15. The van der Waals surface area contributed by atoms with E-state index in [1.165, 1.54) is 17.7 Å². The van der Waals surface area contributed by atoms with Gasteiger partial charge >= 0.3 is 0 Å². The molecule has 1 aliphatic heterocycles.